The first kappa shape index (κ1) is 116. The first-order valence-electron chi connectivity index (χ1n) is 45.1. The van der Waals surface area contributed by atoms with Gasteiger partial charge in [0.1, 0.15) is 45.6 Å². The fourth-order valence-corrected chi connectivity index (χ4v) is 19.4. The van der Waals surface area contributed by atoms with Gasteiger partial charge in [-0.15, -0.1) is 22.4 Å². The van der Waals surface area contributed by atoms with Crippen molar-refractivity contribution >= 4 is 90.8 Å². The zero-order valence-corrected chi connectivity index (χ0v) is 82.0. The van der Waals surface area contributed by atoms with Gasteiger partial charge in [0, 0.05) is 124 Å². The molecule has 774 valence electrons. The summed E-state index contributed by atoms with van der Waals surface area (Å²) in [6, 6.07) is 38.5. The molecule has 0 saturated carbocycles. The summed E-state index contributed by atoms with van der Waals surface area (Å²) in [6.45, 7) is 35.0. The number of hydrogen-bond acceptors (Lipinski definition) is 21. The van der Waals surface area contributed by atoms with E-state index in [1.165, 1.54) is 30.3 Å². The lowest BCUT2D eigenvalue weighted by atomic mass is 9.67. The summed E-state index contributed by atoms with van der Waals surface area (Å²) in [6.07, 6.45) is 6.00. The second-order valence-corrected chi connectivity index (χ2v) is 41.5. The second kappa shape index (κ2) is 46.6. The molecule has 3 spiro atoms. The maximum atomic E-state index is 13.1. The summed E-state index contributed by atoms with van der Waals surface area (Å²) in [5.41, 5.74) is -3.62. The summed E-state index contributed by atoms with van der Waals surface area (Å²) in [7, 11) is -12.0. The van der Waals surface area contributed by atoms with Gasteiger partial charge in [-0.25, -0.2) is 14.4 Å². The number of sulfonamides is 1. The molecule has 39 heteroatoms. The van der Waals surface area contributed by atoms with Gasteiger partial charge in [0.15, 0.2) is 12.2 Å². The molecule has 7 aromatic carbocycles. The van der Waals surface area contributed by atoms with Crippen LogP contribution in [0.4, 0.5) is 59.6 Å². The van der Waals surface area contributed by atoms with E-state index in [0.717, 1.165) is 89.3 Å². The number of carbonyl (C=O) groups is 6. The normalized spacial score (nSPS) is 15.8. The highest BCUT2D eigenvalue weighted by Gasteiger charge is 2.53. The van der Waals surface area contributed by atoms with E-state index in [0.29, 0.717) is 142 Å². The van der Waals surface area contributed by atoms with E-state index in [1.54, 1.807) is 81.7 Å². The number of para-hydroxylation sites is 1. The summed E-state index contributed by atoms with van der Waals surface area (Å²) in [5.74, 6) is -0.910. The van der Waals surface area contributed by atoms with Crippen LogP contribution < -0.4 is 7.89 Å². The van der Waals surface area contributed by atoms with Crippen LogP contribution >= 0.6 is 12.2 Å². The molecule has 3 heterocycles. The molecule has 0 aromatic heterocycles. The minimum atomic E-state index is -5.99. The molecule has 141 heavy (non-hydrogen) atoms. The van der Waals surface area contributed by atoms with Gasteiger partial charge >= 0.3 is 55.8 Å². The van der Waals surface area contributed by atoms with E-state index in [2.05, 4.69) is 31.6 Å². The van der Waals surface area contributed by atoms with E-state index < -0.39 is 99.0 Å². The van der Waals surface area contributed by atoms with Crippen molar-refractivity contribution in [2.24, 2.45) is 16.2 Å². The highest BCUT2D eigenvalue weighted by Crippen LogP contribution is 2.54. The third-order valence-corrected chi connectivity index (χ3v) is 27.6. The number of phenols is 4. The van der Waals surface area contributed by atoms with Gasteiger partial charge in [-0.2, -0.15) is 46.9 Å². The zero-order valence-electron chi connectivity index (χ0n) is 79.5. The third kappa shape index (κ3) is 29.1. The Bertz CT molecular complexity index is 5870. The summed E-state index contributed by atoms with van der Waals surface area (Å²) < 4.78 is 182. The Morgan fingerprint density at radius 3 is 1.03 bits per heavy atom. The summed E-state index contributed by atoms with van der Waals surface area (Å²) in [5, 5.41) is 42.9. The number of likely N-dealkylation sites (tertiary alicyclic amines) is 3. The van der Waals surface area contributed by atoms with E-state index in [1.807, 2.05) is 149 Å². The molecular weight excluding hydrogens is 1910 g/mol. The first-order valence-corrected chi connectivity index (χ1v) is 48.7. The fourth-order valence-electron chi connectivity index (χ4n) is 17.4. The minimum Gasteiger partial charge on any atom is -0.508 e. The molecule has 6 aliphatic rings. The zero-order chi connectivity index (χ0) is 102. The second-order valence-electron chi connectivity index (χ2n) is 37.3. The van der Waals surface area contributed by atoms with E-state index in [-0.39, 0.29) is 86.7 Å². The van der Waals surface area contributed by atoms with Crippen LogP contribution in [-0.4, -0.2) is 215 Å². The lowest BCUT2D eigenvalue weighted by Gasteiger charge is -2.43. The number of halogens is 9. The number of benzene rings is 7. The van der Waals surface area contributed by atoms with Gasteiger partial charge in [-0.1, -0.05) is 107 Å². The molecule has 3 aliphatic carbocycles. The quantitative estimate of drug-likeness (QED) is 0.00854. The van der Waals surface area contributed by atoms with Gasteiger partial charge in [0.25, 0.3) is 17.7 Å². The topological polar surface area (TPSA) is 330 Å². The number of phenolic OH excluding ortho intramolecular Hbond substituents is 4. The molecule has 6 amide bonds. The van der Waals surface area contributed by atoms with Crippen molar-refractivity contribution in [3.8, 4) is 28.7 Å². The predicted octanol–water partition coefficient (Wildman–Crippen LogP) is 22.9. The highest BCUT2D eigenvalue weighted by atomic mass is 32.3. The van der Waals surface area contributed by atoms with Gasteiger partial charge in [-0.05, 0) is 295 Å². The van der Waals surface area contributed by atoms with Crippen LogP contribution in [0.3, 0.4) is 0 Å². The Balaban J connectivity index is 0.000000260. The number of carbonyl (C=O) groups excluding carboxylic acids is 6. The van der Waals surface area contributed by atoms with Gasteiger partial charge in [0.2, 0.25) is 0 Å². The molecule has 13 rings (SSSR count). The van der Waals surface area contributed by atoms with Crippen LogP contribution in [0.5, 0.6) is 28.7 Å². The number of allylic oxidation sites excluding steroid dienone is 3. The lowest BCUT2D eigenvalue weighted by Crippen LogP contribution is -2.46. The molecule has 0 atom stereocenters. The van der Waals surface area contributed by atoms with Crippen LogP contribution in [0, 0.1) is 16.2 Å². The molecule has 0 unspecified atom stereocenters. The van der Waals surface area contributed by atoms with Gasteiger partial charge < -0.3 is 68.2 Å². The average molecular weight is 2040 g/mol. The summed E-state index contributed by atoms with van der Waals surface area (Å²) >= 11 is -0.782. The summed E-state index contributed by atoms with van der Waals surface area (Å²) in [4.78, 5) is 89.6. The average Bonchev–Trinajstić information content (AvgIpc) is 0.734. The van der Waals surface area contributed by atoms with Crippen molar-refractivity contribution in [3.63, 3.8) is 0 Å². The Kier molecular flexibility index (Phi) is 38.4. The minimum absolute atomic E-state index is 0. The lowest BCUT2D eigenvalue weighted by molar-refractivity contribution is -0.440. The molecule has 4 N–H and O–H groups in total. The number of rotatable bonds is 19. The van der Waals surface area contributed by atoms with Crippen molar-refractivity contribution in [1.29, 1.82) is 0 Å². The van der Waals surface area contributed by atoms with Crippen molar-refractivity contribution in [3.05, 3.63) is 231 Å². The maximum absolute atomic E-state index is 13.1. The van der Waals surface area contributed by atoms with E-state index in [4.69, 9.17) is 14.2 Å². The number of hydrogen-bond donors (Lipinski definition) is 4. The Hall–Kier alpha value is -11.7. The first-order chi connectivity index (χ1) is 64.3. The van der Waals surface area contributed by atoms with E-state index >= 15 is 0 Å². The molecule has 3 aliphatic heterocycles. The van der Waals surface area contributed by atoms with Gasteiger partial charge in [-0.3, -0.25) is 14.4 Å². The number of ether oxygens (including phenoxy) is 3. The Labute approximate surface area is 824 Å². The van der Waals surface area contributed by atoms with Crippen molar-refractivity contribution in [2.75, 3.05) is 82.2 Å². The monoisotopic (exact) mass is 2040 g/mol. The molecule has 0 bridgehead atoms. The van der Waals surface area contributed by atoms with E-state index in [9.17, 15) is 106 Å². The number of amides is 6. The van der Waals surface area contributed by atoms with Crippen LogP contribution in [0.1, 0.15) is 246 Å². The number of anilines is 1. The van der Waals surface area contributed by atoms with Crippen LogP contribution in [0.2, 0.25) is 0 Å². The smallest absolute Gasteiger partial charge is 0.508 e. The predicted molar refractivity (Wildman–Crippen MR) is 523 cm³/mol. The number of piperidine rings is 3. The molecule has 27 nitrogen and oxygen atoms in total. The largest absolute Gasteiger partial charge is 0.550 e. The number of nitrogens with zero attached hydrogens (tertiary/aromatic N) is 7. The maximum Gasteiger partial charge on any atom is 0.550 e. The van der Waals surface area contributed by atoms with Gasteiger partial charge in [0.05, 0.1) is 5.69 Å². The molecule has 3 saturated heterocycles. The Morgan fingerprint density at radius 1 is 0.397 bits per heavy atom. The fraction of sp³-hybridized carbons (Fsp3) is 0.471. The molecule has 7 aromatic rings. The number of alkyl halides is 9. The van der Waals surface area contributed by atoms with Crippen molar-refractivity contribution in [2.45, 2.75) is 218 Å². The molecular formula is C102H130F9N7O20S3. The SMILES string of the molecule is C.C.C.CCN(CC)C(=O)c1ccc(C2=CC3(CCN(C(=O)OC(C)(C)C)CC3)Cc3cc(O)cc(O)c32)cc1.CCN(CC)C(=O)c1ccc(C2=CC3(CCN(C(=O)OC(C)(C)C)CC3)Cc3cc(OS(=O)(=O)C(F)(F)F)cc(O)c32)cc1.CCN(CC)C(=O)c1ccc(C2=CC3(CCN(C(=O)OC(C)(C)C)CC3)Cc3cccc(O)c32)cc1.O=S(=O)(N(SOOC(F)(F)F)c1ccccc1)C(F)(F)F. The number of fused-ring (bicyclic) bond motifs is 3. The van der Waals surface area contributed by atoms with Crippen LogP contribution in [0.15, 0.2) is 164 Å². The van der Waals surface area contributed by atoms with Crippen LogP contribution in [0.25, 0.3) is 16.7 Å². The van der Waals surface area contributed by atoms with Crippen molar-refractivity contribution < 1.29 is 133 Å². The molecule has 0 radical (unpaired) electrons. The molecule has 3 fully saturated rings. The van der Waals surface area contributed by atoms with Crippen LogP contribution in [-0.2, 0) is 62.8 Å². The third-order valence-electron chi connectivity index (χ3n) is 24.2. The number of aromatic hydroxyl groups is 4. The van der Waals surface area contributed by atoms with Crippen molar-refractivity contribution in [1.82, 2.24) is 29.4 Å². The highest BCUT2D eigenvalue weighted by molar-refractivity contribution is 8.12. The standard InChI is InChI=1S/C31H37F3N2O7S.C30H38N2O5.C30H38N2O4.C8H5F6NO4S2.3CH4/c1-6-35(7-2)27(38)21-10-8-20(9-11-21)24-19-30(12-14-36(15-13-30)28(39)42-29(3,4)5)18-22-16-23(17-25(37)26(22)24)43-44(40,41)31(32,33)34;1-6-31(7-2)27(35)21-10-8-20(9-11-21)24-19-30(18-22-16-23(33)17-25(34)26(22)24)12-14-32(15-13-30)28(36)37-29(3,4)5;1-6-31(7-2)27(34)22-13-11-21(12-14-22)24-20-30(19-23-9-8-10-25(33)26(23)24)15-17-32(18-16-30)28(35)36-29(3,4)5;9-7(10,11)18-19-20-15(6-4-2-1-3-5-6)21(16,17)8(12,13)14;;;/h8-11,16-17,19,37H,6-7,12-15,18H2,1-5H3;8-11,16-17,19,33-34H,6-7,12-15,18H2,1-5H3;8-14,20,33H,6-7,15-19H2,1-5H3;1-5H;3*1H4. The Morgan fingerprint density at radius 2 is 0.716 bits per heavy atom.